The molecule has 0 atom stereocenters. The highest BCUT2D eigenvalue weighted by molar-refractivity contribution is 6.55. The Labute approximate surface area is 257 Å². The number of aromatic nitrogens is 2. The minimum absolute atomic E-state index is 1.01. The molecule has 4 nitrogen and oxygen atoms in total. The number of hydrogen-bond donors (Lipinski definition) is 0. The summed E-state index contributed by atoms with van der Waals surface area (Å²) in [6.07, 6.45) is 17.9. The number of allylic oxidation sites excluding steroid dienone is 4. The number of nitrogens with zero attached hydrogens (tertiary/aromatic N) is 4. The summed E-state index contributed by atoms with van der Waals surface area (Å²) in [5.41, 5.74) is 19.1. The maximum Gasteiger partial charge on any atom is 0.580 e. The average Bonchev–Trinajstić information content (AvgIpc) is 3.69. The zero-order valence-corrected chi connectivity index (χ0v) is 28.5. The predicted octanol–water partition coefficient (Wildman–Crippen LogP) is 7.47. The third kappa shape index (κ3) is 4.07. The van der Waals surface area contributed by atoms with E-state index in [1.165, 1.54) is 89.4 Å². The van der Waals surface area contributed by atoms with Gasteiger partial charge in [-0.1, -0.05) is 61.2 Å². The Morgan fingerprint density at radius 3 is 1.19 bits per heavy atom. The Hall–Kier alpha value is -2.87. The summed E-state index contributed by atoms with van der Waals surface area (Å²) >= 11 is -1.81. The zero-order chi connectivity index (χ0) is 29.9. The molecule has 0 aromatic carbocycles. The molecule has 42 heavy (non-hydrogen) atoms. The van der Waals surface area contributed by atoms with Crippen molar-refractivity contribution in [3.8, 4) is 0 Å². The van der Waals surface area contributed by atoms with Crippen LogP contribution in [0.4, 0.5) is 0 Å². The molecule has 0 N–H and O–H groups in total. The van der Waals surface area contributed by atoms with Gasteiger partial charge < -0.3 is 7.10 Å². The first kappa shape index (κ1) is 29.2. The van der Waals surface area contributed by atoms with Gasteiger partial charge in [-0.15, -0.1) is 0 Å². The molecule has 0 amide bonds. The lowest BCUT2D eigenvalue weighted by molar-refractivity contribution is 0.974. The van der Waals surface area contributed by atoms with Gasteiger partial charge in [0.1, 0.15) is 0 Å². The first-order valence-electron chi connectivity index (χ1n) is 16.7. The maximum absolute atomic E-state index is 5.41. The minimum atomic E-state index is -1.81. The molecule has 6 bridgehead atoms. The smallest absolute Gasteiger partial charge is 0.415 e. The molecule has 0 unspecified atom stereocenters. The first-order valence-corrected chi connectivity index (χ1v) is 18.9. The number of fused-ring (bicyclic) bond motifs is 2. The van der Waals surface area contributed by atoms with Gasteiger partial charge >= 0.3 is 14.6 Å². The Morgan fingerprint density at radius 1 is 0.476 bits per heavy atom. The molecule has 0 spiro atoms. The topological polar surface area (TPSA) is 34.6 Å². The fourth-order valence-electron chi connectivity index (χ4n) is 8.31. The summed E-state index contributed by atoms with van der Waals surface area (Å²) in [5, 5.41) is 2.76. The van der Waals surface area contributed by atoms with E-state index in [0.717, 1.165) is 51.4 Å². The lowest BCUT2D eigenvalue weighted by Crippen LogP contribution is -2.46. The molecule has 0 radical (unpaired) electrons. The van der Waals surface area contributed by atoms with E-state index >= 15 is 0 Å². The molecule has 2 aromatic heterocycles. The van der Waals surface area contributed by atoms with Gasteiger partial charge in [0, 0.05) is 22.1 Å². The van der Waals surface area contributed by atoms with Crippen LogP contribution >= 0.6 is 0 Å². The molecule has 0 saturated carbocycles. The average molecular weight is 575 g/mol. The lowest BCUT2D eigenvalue weighted by atomic mass is 9.97. The SMILES string of the molecule is CCC1=C(CC)C2=NC1=Cc1c(CC)c(CC)c3[n]1[Al]([CH3])[n]1c(c(CC)c(CC)c1=CC1=NC(=C3)C(CC)=C1CC)=C2. The summed E-state index contributed by atoms with van der Waals surface area (Å²) in [4.78, 5) is 10.8. The summed E-state index contributed by atoms with van der Waals surface area (Å²) in [6, 6.07) is 0. The predicted molar refractivity (Wildman–Crippen MR) is 183 cm³/mol. The molecule has 0 fully saturated rings. The second-order valence-corrected chi connectivity index (χ2v) is 14.2. The fraction of sp³-hybridized carbons (Fsp3) is 0.459. The highest BCUT2D eigenvalue weighted by Crippen LogP contribution is 2.38. The van der Waals surface area contributed by atoms with Gasteiger partial charge in [-0.25, -0.2) is 9.98 Å². The van der Waals surface area contributed by atoms with Crippen molar-refractivity contribution in [1.82, 2.24) is 7.10 Å². The third-order valence-electron chi connectivity index (χ3n) is 10.1. The Balaban J connectivity index is 1.92. The van der Waals surface area contributed by atoms with Gasteiger partial charge in [-0.2, -0.15) is 0 Å². The van der Waals surface area contributed by atoms with Gasteiger partial charge in [0.2, 0.25) is 0 Å². The fourth-order valence-corrected chi connectivity index (χ4v) is 11.1. The van der Waals surface area contributed by atoms with Crippen LogP contribution in [-0.2, 0) is 25.7 Å². The molecule has 6 heterocycles. The summed E-state index contributed by atoms with van der Waals surface area (Å²) in [5.74, 6) is 2.55. The maximum atomic E-state index is 5.41. The largest absolute Gasteiger partial charge is 0.580 e. The second kappa shape index (κ2) is 11.3. The van der Waals surface area contributed by atoms with Crippen molar-refractivity contribution >= 4 is 50.3 Å². The van der Waals surface area contributed by atoms with Crippen molar-refractivity contribution in [3.05, 3.63) is 78.0 Å². The quantitative estimate of drug-likeness (QED) is 0.293. The molecule has 0 aliphatic carbocycles. The zero-order valence-electron chi connectivity index (χ0n) is 27.3. The van der Waals surface area contributed by atoms with Crippen molar-refractivity contribution in [2.45, 2.75) is 113 Å². The Kier molecular flexibility index (Phi) is 7.88. The van der Waals surface area contributed by atoms with E-state index in [2.05, 4.69) is 92.6 Å². The van der Waals surface area contributed by atoms with Gasteiger partial charge in [0.15, 0.2) is 0 Å². The highest BCUT2D eigenvalue weighted by atomic mass is 27.2. The van der Waals surface area contributed by atoms with Crippen molar-refractivity contribution in [2.75, 3.05) is 0 Å². The Morgan fingerprint density at radius 2 is 0.857 bits per heavy atom. The molecule has 218 valence electrons. The van der Waals surface area contributed by atoms with Crippen molar-refractivity contribution in [2.24, 2.45) is 9.98 Å². The van der Waals surface area contributed by atoms with E-state index in [4.69, 9.17) is 9.98 Å². The van der Waals surface area contributed by atoms with E-state index in [9.17, 15) is 0 Å². The summed E-state index contributed by atoms with van der Waals surface area (Å²) < 4.78 is 5.56. The summed E-state index contributed by atoms with van der Waals surface area (Å²) in [6.45, 7) is 18.5. The number of rotatable bonds is 8. The van der Waals surface area contributed by atoms with Crippen LogP contribution in [0.15, 0.2) is 43.7 Å². The molecule has 5 heteroatoms. The second-order valence-electron chi connectivity index (χ2n) is 11.9. The molecule has 0 saturated heterocycles. The number of hydrogen-bond acceptors (Lipinski definition) is 2. The Bertz CT molecular complexity index is 1680. The normalized spacial score (nSPS) is 17.2. The van der Waals surface area contributed by atoms with E-state index in [1.54, 1.807) is 0 Å². The van der Waals surface area contributed by atoms with E-state index in [1.807, 2.05) is 0 Å². The monoisotopic (exact) mass is 574 g/mol. The van der Waals surface area contributed by atoms with E-state index in [0.29, 0.717) is 0 Å². The van der Waals surface area contributed by atoms with Crippen LogP contribution in [0.2, 0.25) is 5.79 Å². The van der Waals surface area contributed by atoms with Crippen LogP contribution in [0.3, 0.4) is 0 Å². The standard InChI is InChI=1S/C36H44N4.CH3.Al/c1-9-21-22(10-2)30-18-32-25(13-5)26(14-6)34(39-32)20-36-28(16-8)27(15-7)35(40-36)19-33-24(12-4)23(11-3)31(38-33)17-29(21)37-30;;/h17-20H,9-16H2,1-8H3;1H3;/q-2;;+2. The molecule has 4 aliphatic rings. The minimum Gasteiger partial charge on any atom is -0.415 e. The molecule has 4 aliphatic heterocycles. The van der Waals surface area contributed by atoms with Crippen molar-refractivity contribution in [1.29, 1.82) is 0 Å². The molecular formula is C37H47AlN4. The van der Waals surface area contributed by atoms with Crippen LogP contribution in [0.1, 0.15) is 115 Å². The van der Waals surface area contributed by atoms with E-state index in [-0.39, 0.29) is 0 Å². The van der Waals surface area contributed by atoms with Crippen molar-refractivity contribution < 1.29 is 0 Å². The molecule has 6 rings (SSSR count). The third-order valence-corrected chi connectivity index (χ3v) is 12.7. The molecular weight excluding hydrogens is 527 g/mol. The highest BCUT2D eigenvalue weighted by Gasteiger charge is 2.35. The van der Waals surface area contributed by atoms with Crippen LogP contribution < -0.4 is 10.7 Å². The van der Waals surface area contributed by atoms with E-state index < -0.39 is 14.6 Å². The van der Waals surface area contributed by atoms with Crippen LogP contribution in [0, 0.1) is 0 Å². The van der Waals surface area contributed by atoms with Gasteiger partial charge in [-0.3, -0.25) is 0 Å². The van der Waals surface area contributed by atoms with Crippen molar-refractivity contribution in [3.63, 3.8) is 0 Å². The molecule has 2 aromatic rings. The first-order chi connectivity index (χ1) is 20.4. The van der Waals surface area contributed by atoms with Crippen LogP contribution in [-0.4, -0.2) is 33.1 Å². The summed E-state index contributed by atoms with van der Waals surface area (Å²) in [7, 11) is 0. The van der Waals surface area contributed by atoms with Crippen LogP contribution in [0.5, 0.6) is 0 Å². The van der Waals surface area contributed by atoms with Gasteiger partial charge in [0.05, 0.1) is 22.8 Å². The lowest BCUT2D eigenvalue weighted by Gasteiger charge is -2.20. The van der Waals surface area contributed by atoms with Crippen LogP contribution in [0.25, 0.3) is 24.3 Å². The number of aliphatic imine (C=N–C) groups is 2. The van der Waals surface area contributed by atoms with Gasteiger partial charge in [0.25, 0.3) is 0 Å². The van der Waals surface area contributed by atoms with Gasteiger partial charge in [-0.05, 0) is 120 Å².